The van der Waals surface area contributed by atoms with E-state index in [9.17, 15) is 0 Å². The van der Waals surface area contributed by atoms with Crippen molar-refractivity contribution in [2.45, 2.75) is 12.0 Å². The van der Waals surface area contributed by atoms with Crippen LogP contribution in [0.3, 0.4) is 0 Å². The van der Waals surface area contributed by atoms with E-state index in [1.165, 1.54) is 70.2 Å². The second-order valence-corrected chi connectivity index (χ2v) is 15.9. The lowest BCUT2D eigenvalue weighted by atomic mass is 9.92. The average Bonchev–Trinajstić information content (AvgIpc) is 3.86. The molecule has 2 nitrogen and oxygen atoms in total. The van der Waals surface area contributed by atoms with Gasteiger partial charge in [-0.1, -0.05) is 152 Å². The Hall–Kier alpha value is -6.94. The standard InChI is InChI=1S/C54H37NOS/c1-4-14-36(15-5-1)40-32-41(37-16-6-2-7-17-37)34-42(33-40)38-24-26-43(27-25-38)55(44-28-29-47-46-20-10-12-22-50(46)56-51(47)35-44)49-31-30-45(39-18-8-3-9-19-39)54-53(49)48-21-11-13-23-52(48)57-54/h1-35,46,50H. The summed E-state index contributed by atoms with van der Waals surface area (Å²) in [4.78, 5) is 2.42. The zero-order valence-electron chi connectivity index (χ0n) is 31.1. The summed E-state index contributed by atoms with van der Waals surface area (Å²) in [7, 11) is 0. The Labute approximate surface area is 336 Å². The van der Waals surface area contributed by atoms with Crippen LogP contribution in [-0.2, 0) is 0 Å². The Morgan fingerprint density at radius 3 is 1.72 bits per heavy atom. The van der Waals surface area contributed by atoms with Crippen molar-refractivity contribution in [3.8, 4) is 50.3 Å². The van der Waals surface area contributed by atoms with Gasteiger partial charge in [0.05, 0.1) is 5.69 Å². The van der Waals surface area contributed by atoms with E-state index < -0.39 is 0 Å². The van der Waals surface area contributed by atoms with Crippen molar-refractivity contribution in [2.24, 2.45) is 0 Å². The van der Waals surface area contributed by atoms with Crippen molar-refractivity contribution in [1.29, 1.82) is 0 Å². The number of rotatable bonds is 7. The monoisotopic (exact) mass is 747 g/mol. The highest BCUT2D eigenvalue weighted by molar-refractivity contribution is 7.26. The van der Waals surface area contributed by atoms with Gasteiger partial charge in [0, 0.05) is 49.1 Å². The highest BCUT2D eigenvalue weighted by atomic mass is 32.1. The lowest BCUT2D eigenvalue weighted by molar-refractivity contribution is 0.269. The molecular formula is C54H37NOS. The van der Waals surface area contributed by atoms with Gasteiger partial charge in [0.2, 0.25) is 0 Å². The third kappa shape index (κ3) is 5.96. The van der Waals surface area contributed by atoms with E-state index in [1.807, 2.05) is 11.3 Å². The number of thiophene rings is 1. The first-order valence-electron chi connectivity index (χ1n) is 19.6. The summed E-state index contributed by atoms with van der Waals surface area (Å²) in [5.41, 5.74) is 14.1. The summed E-state index contributed by atoms with van der Waals surface area (Å²) < 4.78 is 9.16. The van der Waals surface area contributed by atoms with Crippen LogP contribution in [0, 0.1) is 0 Å². The molecule has 0 N–H and O–H groups in total. The minimum atomic E-state index is 0.0260. The number of ether oxygens (including phenoxy) is 1. The molecule has 57 heavy (non-hydrogen) atoms. The fourth-order valence-electron chi connectivity index (χ4n) is 8.63. The van der Waals surface area contributed by atoms with E-state index >= 15 is 0 Å². The van der Waals surface area contributed by atoms with Crippen molar-refractivity contribution >= 4 is 48.6 Å². The third-order valence-corrected chi connectivity index (χ3v) is 12.6. The highest BCUT2D eigenvalue weighted by Crippen LogP contribution is 2.50. The topological polar surface area (TPSA) is 12.5 Å². The molecule has 11 rings (SSSR count). The lowest BCUT2D eigenvalue weighted by Crippen LogP contribution is -2.15. The van der Waals surface area contributed by atoms with Crippen LogP contribution in [0.4, 0.5) is 17.1 Å². The molecule has 2 unspecified atom stereocenters. The van der Waals surface area contributed by atoms with E-state index in [2.05, 4.69) is 217 Å². The molecule has 0 fully saturated rings. The summed E-state index contributed by atoms with van der Waals surface area (Å²) >= 11 is 1.87. The second-order valence-electron chi connectivity index (χ2n) is 14.8. The Kier molecular flexibility index (Phi) is 8.19. The van der Waals surface area contributed by atoms with Crippen molar-refractivity contribution in [1.82, 2.24) is 0 Å². The summed E-state index contributed by atoms with van der Waals surface area (Å²) in [6.45, 7) is 0. The van der Waals surface area contributed by atoms with Gasteiger partial charge in [-0.3, -0.25) is 0 Å². The fraction of sp³-hybridized carbons (Fsp3) is 0.0370. The number of allylic oxidation sites excluding steroid dienone is 2. The molecule has 0 radical (unpaired) electrons. The first-order chi connectivity index (χ1) is 28.2. The van der Waals surface area contributed by atoms with Gasteiger partial charge in [-0.15, -0.1) is 11.3 Å². The number of hydrogen-bond acceptors (Lipinski definition) is 3. The summed E-state index contributed by atoms with van der Waals surface area (Å²) in [5.74, 6) is 1.18. The van der Waals surface area contributed by atoms with Crippen LogP contribution in [0.2, 0.25) is 0 Å². The van der Waals surface area contributed by atoms with Gasteiger partial charge in [0.15, 0.2) is 0 Å². The normalized spacial score (nSPS) is 15.4. The number of benzene rings is 8. The van der Waals surface area contributed by atoms with E-state index in [0.29, 0.717) is 0 Å². The Morgan fingerprint density at radius 1 is 0.456 bits per heavy atom. The molecule has 0 spiro atoms. The van der Waals surface area contributed by atoms with E-state index in [-0.39, 0.29) is 12.0 Å². The van der Waals surface area contributed by atoms with E-state index in [1.54, 1.807) is 0 Å². The lowest BCUT2D eigenvalue weighted by Gasteiger charge is -2.27. The van der Waals surface area contributed by atoms with Gasteiger partial charge in [0.25, 0.3) is 0 Å². The van der Waals surface area contributed by atoms with Gasteiger partial charge in [-0.2, -0.15) is 0 Å². The molecule has 2 atom stereocenters. The van der Waals surface area contributed by atoms with Crippen molar-refractivity contribution in [3.05, 3.63) is 218 Å². The maximum absolute atomic E-state index is 6.60. The SMILES string of the molecule is C1=CC2Oc3cc(N(c4ccc(-c5cc(-c6ccccc6)cc(-c6ccccc6)c5)cc4)c4ccc(-c5ccccc5)c5sc6ccccc6c45)ccc3C2C=C1. The Morgan fingerprint density at radius 2 is 1.04 bits per heavy atom. The van der Waals surface area contributed by atoms with Gasteiger partial charge < -0.3 is 9.64 Å². The fourth-order valence-corrected chi connectivity index (χ4v) is 9.89. The molecule has 270 valence electrons. The van der Waals surface area contributed by atoms with Gasteiger partial charge in [-0.05, 0) is 99.1 Å². The molecule has 2 heterocycles. The first-order valence-corrected chi connectivity index (χ1v) is 20.4. The molecule has 0 amide bonds. The summed E-state index contributed by atoms with van der Waals surface area (Å²) in [6.07, 6.45) is 8.67. The van der Waals surface area contributed by atoms with Gasteiger partial charge in [-0.25, -0.2) is 0 Å². The van der Waals surface area contributed by atoms with Crippen LogP contribution in [0.25, 0.3) is 64.7 Å². The van der Waals surface area contributed by atoms with Crippen molar-refractivity contribution in [2.75, 3.05) is 4.90 Å². The van der Waals surface area contributed by atoms with Crippen LogP contribution in [0.1, 0.15) is 11.5 Å². The number of hydrogen-bond donors (Lipinski definition) is 0. The van der Waals surface area contributed by atoms with Crippen LogP contribution >= 0.6 is 11.3 Å². The molecule has 1 aliphatic heterocycles. The first kappa shape index (κ1) is 33.4. The predicted molar refractivity (Wildman–Crippen MR) is 241 cm³/mol. The molecule has 3 heteroatoms. The molecule has 9 aromatic rings. The minimum absolute atomic E-state index is 0.0260. The molecule has 8 aromatic carbocycles. The van der Waals surface area contributed by atoms with Crippen LogP contribution < -0.4 is 9.64 Å². The van der Waals surface area contributed by atoms with Gasteiger partial charge >= 0.3 is 0 Å². The zero-order chi connectivity index (χ0) is 37.7. The van der Waals surface area contributed by atoms with Crippen LogP contribution in [-0.4, -0.2) is 6.10 Å². The maximum Gasteiger partial charge on any atom is 0.128 e. The third-order valence-electron chi connectivity index (χ3n) is 11.4. The van der Waals surface area contributed by atoms with Gasteiger partial charge in [0.1, 0.15) is 11.9 Å². The van der Waals surface area contributed by atoms with Crippen LogP contribution in [0.5, 0.6) is 5.75 Å². The zero-order valence-corrected chi connectivity index (χ0v) is 31.9. The van der Waals surface area contributed by atoms with Crippen molar-refractivity contribution in [3.63, 3.8) is 0 Å². The molecule has 1 aliphatic carbocycles. The highest BCUT2D eigenvalue weighted by Gasteiger charge is 2.33. The molecule has 0 bridgehead atoms. The molecular weight excluding hydrogens is 711 g/mol. The Bertz CT molecular complexity index is 2920. The maximum atomic E-state index is 6.60. The molecule has 0 saturated carbocycles. The quantitative estimate of drug-likeness (QED) is 0.161. The van der Waals surface area contributed by atoms with E-state index in [4.69, 9.17) is 4.74 Å². The number of fused-ring (bicyclic) bond motifs is 6. The number of nitrogens with zero attached hydrogens (tertiary/aromatic N) is 1. The van der Waals surface area contributed by atoms with E-state index in [0.717, 1.165) is 22.8 Å². The molecule has 1 aromatic heterocycles. The molecule has 0 saturated heterocycles. The predicted octanol–water partition coefficient (Wildman–Crippen LogP) is 15.2. The second kappa shape index (κ2) is 14.0. The molecule has 2 aliphatic rings. The minimum Gasteiger partial charge on any atom is -0.485 e. The number of anilines is 3. The summed E-state index contributed by atoms with van der Waals surface area (Å²) in [6, 6.07) is 68.4. The smallest absolute Gasteiger partial charge is 0.128 e. The average molecular weight is 748 g/mol. The largest absolute Gasteiger partial charge is 0.485 e. The summed E-state index contributed by atoms with van der Waals surface area (Å²) in [5, 5.41) is 2.52. The van der Waals surface area contributed by atoms with Crippen LogP contribution in [0.15, 0.2) is 212 Å². The van der Waals surface area contributed by atoms with Crippen molar-refractivity contribution < 1.29 is 4.74 Å². The Balaban J connectivity index is 1.09.